The zero-order valence-electron chi connectivity index (χ0n) is 7.61. The van der Waals surface area contributed by atoms with Crippen molar-refractivity contribution in [3.8, 4) is 12.0 Å². The highest BCUT2D eigenvalue weighted by Crippen LogP contribution is 2.18. The first-order valence-corrected chi connectivity index (χ1v) is 3.80. The summed E-state index contributed by atoms with van der Waals surface area (Å²) in [5, 5.41) is 25.8. The van der Waals surface area contributed by atoms with Gasteiger partial charge in [-0.1, -0.05) is 0 Å². The summed E-state index contributed by atoms with van der Waals surface area (Å²) in [6.45, 7) is 0. The number of aliphatic carboxylic acids is 1. The van der Waals surface area contributed by atoms with Crippen LogP contribution in [0.3, 0.4) is 0 Å². The van der Waals surface area contributed by atoms with Crippen molar-refractivity contribution in [2.24, 2.45) is 0 Å². The first-order valence-electron chi connectivity index (χ1n) is 3.80. The summed E-state index contributed by atoms with van der Waals surface area (Å²) in [5.74, 6) is -1.86. The van der Waals surface area contributed by atoms with E-state index in [-0.39, 0.29) is 5.76 Å². The van der Waals surface area contributed by atoms with E-state index < -0.39 is 22.6 Å². The van der Waals surface area contributed by atoms with Crippen LogP contribution in [0.25, 0.3) is 6.08 Å². The second-order valence-electron chi connectivity index (χ2n) is 2.45. The predicted octanol–water partition coefficient (Wildman–Crippen LogP) is 0.842. The quantitative estimate of drug-likeness (QED) is 0.347. The molecule has 0 bridgehead atoms. The van der Waals surface area contributed by atoms with E-state index in [2.05, 4.69) is 4.84 Å². The van der Waals surface area contributed by atoms with Crippen LogP contribution in [0.2, 0.25) is 0 Å². The van der Waals surface area contributed by atoms with Gasteiger partial charge in [0.1, 0.15) is 17.4 Å². The lowest BCUT2D eigenvalue weighted by atomic mass is 10.2. The molecule has 0 saturated carbocycles. The maximum Gasteiger partial charge on any atom is 0.346 e. The molecule has 0 radical (unpaired) electrons. The molecule has 0 aliphatic rings. The van der Waals surface area contributed by atoms with Crippen LogP contribution in [-0.4, -0.2) is 16.2 Å². The van der Waals surface area contributed by atoms with Crippen molar-refractivity contribution >= 4 is 12.0 Å². The average molecular weight is 224 g/mol. The predicted molar refractivity (Wildman–Crippen MR) is 47.6 cm³/mol. The summed E-state index contributed by atoms with van der Waals surface area (Å²) >= 11 is 0. The molecule has 0 aromatic carbocycles. The van der Waals surface area contributed by atoms with Gasteiger partial charge in [-0.15, -0.1) is 10.1 Å². The van der Waals surface area contributed by atoms with E-state index in [1.54, 1.807) is 0 Å². The van der Waals surface area contributed by atoms with Gasteiger partial charge in [-0.05, 0) is 6.07 Å². The van der Waals surface area contributed by atoms with E-state index in [4.69, 9.17) is 14.8 Å². The summed E-state index contributed by atoms with van der Waals surface area (Å²) in [7, 11) is 0. The van der Waals surface area contributed by atoms with E-state index >= 15 is 0 Å². The third-order valence-corrected chi connectivity index (χ3v) is 1.40. The van der Waals surface area contributed by atoms with E-state index in [1.807, 2.05) is 0 Å². The fourth-order valence-corrected chi connectivity index (χ4v) is 0.819. The molecule has 0 spiro atoms. The highest BCUT2D eigenvalue weighted by Gasteiger charge is 2.09. The van der Waals surface area contributed by atoms with Crippen molar-refractivity contribution in [1.82, 2.24) is 0 Å². The summed E-state index contributed by atoms with van der Waals surface area (Å²) in [6.07, 6.45) is 0.926. The third-order valence-electron chi connectivity index (χ3n) is 1.40. The number of hydrogen-bond donors (Lipinski definition) is 1. The molecule has 0 atom stereocenters. The maximum atomic E-state index is 10.4. The van der Waals surface area contributed by atoms with Gasteiger partial charge in [0.2, 0.25) is 0 Å². The molecule has 1 rings (SSSR count). The molecule has 0 saturated heterocycles. The Morgan fingerprint density at radius 1 is 1.69 bits per heavy atom. The number of carbonyl (C=O) groups is 1. The molecule has 82 valence electrons. The molecule has 0 amide bonds. The third kappa shape index (κ3) is 2.85. The number of hydrogen-bond acceptors (Lipinski definition) is 6. The van der Waals surface area contributed by atoms with Gasteiger partial charge in [-0.3, -0.25) is 0 Å². The van der Waals surface area contributed by atoms with Crippen LogP contribution >= 0.6 is 0 Å². The smallest absolute Gasteiger partial charge is 0.346 e. The standard InChI is InChI=1S/C8H4N2O6/c9-4-5(8(11)12)3-6-1-2-7(15-6)16-10(13)14/h1-3H,(H,11,12). The highest BCUT2D eigenvalue weighted by atomic mass is 17.0. The largest absolute Gasteiger partial charge is 0.477 e. The lowest BCUT2D eigenvalue weighted by Gasteiger charge is -1.90. The summed E-state index contributed by atoms with van der Waals surface area (Å²) in [4.78, 5) is 24.3. The summed E-state index contributed by atoms with van der Waals surface area (Å²) < 4.78 is 4.72. The Morgan fingerprint density at radius 2 is 2.38 bits per heavy atom. The van der Waals surface area contributed by atoms with Crippen molar-refractivity contribution in [3.63, 3.8) is 0 Å². The first-order chi connectivity index (χ1) is 7.52. The van der Waals surface area contributed by atoms with Crippen LogP contribution < -0.4 is 4.84 Å². The highest BCUT2D eigenvalue weighted by molar-refractivity contribution is 5.96. The number of furan rings is 1. The van der Waals surface area contributed by atoms with E-state index in [0.717, 1.165) is 12.1 Å². The Hall–Kier alpha value is -2.82. The molecule has 1 aromatic rings. The number of nitrogens with zero attached hydrogens (tertiary/aromatic N) is 2. The van der Waals surface area contributed by atoms with Crippen LogP contribution in [0.1, 0.15) is 5.76 Å². The number of nitriles is 1. The van der Waals surface area contributed by atoms with Gasteiger partial charge in [-0.25, -0.2) is 9.63 Å². The zero-order valence-corrected chi connectivity index (χ0v) is 7.61. The fourth-order valence-electron chi connectivity index (χ4n) is 0.819. The van der Waals surface area contributed by atoms with Gasteiger partial charge in [0, 0.05) is 12.1 Å². The van der Waals surface area contributed by atoms with Gasteiger partial charge >= 0.3 is 11.1 Å². The number of carboxylic acids is 1. The Kier molecular flexibility index (Phi) is 3.24. The molecule has 1 aromatic heterocycles. The van der Waals surface area contributed by atoms with Crippen LogP contribution in [-0.2, 0) is 4.79 Å². The van der Waals surface area contributed by atoms with Crippen molar-refractivity contribution in [3.05, 3.63) is 33.6 Å². The molecule has 8 heteroatoms. The Labute approximate surface area is 88.1 Å². The van der Waals surface area contributed by atoms with Crippen LogP contribution in [0.15, 0.2) is 22.1 Å². The van der Waals surface area contributed by atoms with Crippen LogP contribution in [0.5, 0.6) is 5.95 Å². The van der Waals surface area contributed by atoms with Gasteiger partial charge < -0.3 is 9.52 Å². The second kappa shape index (κ2) is 4.61. The van der Waals surface area contributed by atoms with Crippen molar-refractivity contribution in [2.75, 3.05) is 0 Å². The molecule has 0 aliphatic carbocycles. The minimum Gasteiger partial charge on any atom is -0.477 e. The fraction of sp³-hybridized carbons (Fsp3) is 0. The maximum absolute atomic E-state index is 10.4. The monoisotopic (exact) mass is 224 g/mol. The minimum atomic E-state index is -1.42. The molecule has 16 heavy (non-hydrogen) atoms. The minimum absolute atomic E-state index is 0.0317. The molecular formula is C8H4N2O6. The van der Waals surface area contributed by atoms with Crippen LogP contribution in [0, 0.1) is 21.4 Å². The van der Waals surface area contributed by atoms with Gasteiger partial charge in [0.05, 0.1) is 0 Å². The average Bonchev–Trinajstić information content (AvgIpc) is 2.60. The number of carboxylic acid groups (broad SMARTS) is 1. The van der Waals surface area contributed by atoms with Crippen LogP contribution in [0.4, 0.5) is 0 Å². The molecule has 0 fully saturated rings. The van der Waals surface area contributed by atoms with Crippen molar-refractivity contribution in [2.45, 2.75) is 0 Å². The van der Waals surface area contributed by atoms with Gasteiger partial charge in [0.15, 0.2) is 0 Å². The van der Waals surface area contributed by atoms with Gasteiger partial charge in [0.25, 0.3) is 5.95 Å². The molecule has 0 unspecified atom stereocenters. The summed E-state index contributed by atoms with van der Waals surface area (Å²) in [6, 6.07) is 3.79. The lowest BCUT2D eigenvalue weighted by molar-refractivity contribution is -0.714. The number of rotatable bonds is 4. The van der Waals surface area contributed by atoms with Crippen molar-refractivity contribution < 1.29 is 24.2 Å². The molecule has 1 N–H and O–H groups in total. The lowest BCUT2D eigenvalue weighted by Crippen LogP contribution is -2.02. The summed E-state index contributed by atoms with van der Waals surface area (Å²) in [5.41, 5.74) is -0.554. The first kappa shape index (κ1) is 11.3. The van der Waals surface area contributed by atoms with E-state index in [0.29, 0.717) is 0 Å². The molecular weight excluding hydrogens is 220 g/mol. The van der Waals surface area contributed by atoms with Crippen molar-refractivity contribution in [1.29, 1.82) is 5.26 Å². The van der Waals surface area contributed by atoms with E-state index in [9.17, 15) is 14.9 Å². The molecule has 0 aliphatic heterocycles. The normalized spacial score (nSPS) is 10.6. The zero-order chi connectivity index (χ0) is 12.1. The van der Waals surface area contributed by atoms with E-state index in [1.165, 1.54) is 12.1 Å². The Morgan fingerprint density at radius 3 is 2.88 bits per heavy atom. The van der Waals surface area contributed by atoms with Gasteiger partial charge in [-0.2, -0.15) is 5.26 Å². The molecule has 8 nitrogen and oxygen atoms in total. The topological polar surface area (TPSA) is 127 Å². The Bertz CT molecular complexity index is 495. The second-order valence-corrected chi connectivity index (χ2v) is 2.45. The Balaban J connectivity index is 2.91. The molecule has 1 heterocycles. The SMILES string of the molecule is N#CC(=Cc1ccc(O[N+](=O)[O-])o1)C(=O)O.